The van der Waals surface area contributed by atoms with E-state index in [9.17, 15) is 4.79 Å². The van der Waals surface area contributed by atoms with E-state index in [2.05, 4.69) is 62.0 Å². The van der Waals surface area contributed by atoms with E-state index in [0.29, 0.717) is 12.0 Å². The first kappa shape index (κ1) is 22.5. The van der Waals surface area contributed by atoms with Gasteiger partial charge in [0.25, 0.3) is 0 Å². The lowest BCUT2D eigenvalue weighted by Crippen LogP contribution is -2.07. The van der Waals surface area contributed by atoms with Gasteiger partial charge in [0.15, 0.2) is 0 Å². The number of carbonyl (C=O) groups is 1. The average molecular weight is 415 g/mol. The Morgan fingerprint density at radius 3 is 2.35 bits per heavy atom. The second-order valence-corrected chi connectivity index (χ2v) is 7.74. The maximum Gasteiger partial charge on any atom is 0.333 e. The van der Waals surface area contributed by atoms with Crippen molar-refractivity contribution in [1.82, 2.24) is 0 Å². The van der Waals surface area contributed by atoms with E-state index in [1.54, 1.807) is 0 Å². The summed E-state index contributed by atoms with van der Waals surface area (Å²) in [6, 6.07) is 23.0. The summed E-state index contributed by atoms with van der Waals surface area (Å²) in [5, 5.41) is 9.00. The Morgan fingerprint density at radius 2 is 1.68 bits per heavy atom. The zero-order valence-electron chi connectivity index (χ0n) is 18.4. The maximum atomic E-state index is 12.0. The van der Waals surface area contributed by atoms with Crippen LogP contribution in [0.25, 0.3) is 22.3 Å². The molecule has 3 aromatic rings. The standard InChI is InChI=1S/C28H30O3/c1-4-20(2)28(30)31-19-25-9-5-6-10-27(25)24-15-16-26(21(3)18-24)23-13-11-22(12-14-23)8-7-17-29/h5-6,9-16,18,29H,2,4,7-8,17,19H2,1,3H3. The van der Waals surface area contributed by atoms with E-state index < -0.39 is 0 Å². The van der Waals surface area contributed by atoms with Gasteiger partial charge in [0.2, 0.25) is 0 Å². The van der Waals surface area contributed by atoms with Gasteiger partial charge in [-0.3, -0.25) is 0 Å². The monoisotopic (exact) mass is 414 g/mol. The van der Waals surface area contributed by atoms with Gasteiger partial charge >= 0.3 is 5.97 Å². The van der Waals surface area contributed by atoms with Crippen molar-refractivity contribution in [2.24, 2.45) is 0 Å². The molecule has 0 aliphatic heterocycles. The fourth-order valence-corrected chi connectivity index (χ4v) is 3.61. The van der Waals surface area contributed by atoms with Crippen molar-refractivity contribution < 1.29 is 14.6 Å². The minimum absolute atomic E-state index is 0.219. The highest BCUT2D eigenvalue weighted by Crippen LogP contribution is 2.31. The van der Waals surface area contributed by atoms with Gasteiger partial charge in [0.1, 0.15) is 6.61 Å². The molecule has 0 fully saturated rings. The summed E-state index contributed by atoms with van der Waals surface area (Å²) in [6.07, 6.45) is 2.26. The second-order valence-electron chi connectivity index (χ2n) is 7.74. The third kappa shape index (κ3) is 5.71. The molecule has 1 N–H and O–H groups in total. The molecule has 0 saturated heterocycles. The highest BCUT2D eigenvalue weighted by atomic mass is 16.5. The first-order valence-electron chi connectivity index (χ1n) is 10.8. The summed E-state index contributed by atoms with van der Waals surface area (Å²) in [6.45, 7) is 8.21. The van der Waals surface area contributed by atoms with E-state index in [4.69, 9.17) is 9.84 Å². The summed E-state index contributed by atoms with van der Waals surface area (Å²) < 4.78 is 5.45. The molecule has 0 aliphatic rings. The Morgan fingerprint density at radius 1 is 0.968 bits per heavy atom. The van der Waals surface area contributed by atoms with Crippen LogP contribution >= 0.6 is 0 Å². The van der Waals surface area contributed by atoms with Crippen molar-refractivity contribution in [3.8, 4) is 22.3 Å². The number of ether oxygens (including phenoxy) is 1. The van der Waals surface area contributed by atoms with E-state index in [1.165, 1.54) is 22.3 Å². The van der Waals surface area contributed by atoms with E-state index in [1.807, 2.05) is 25.1 Å². The summed E-state index contributed by atoms with van der Waals surface area (Å²) in [5.41, 5.74) is 8.42. The number of benzene rings is 3. The van der Waals surface area contributed by atoms with E-state index >= 15 is 0 Å². The lowest BCUT2D eigenvalue weighted by Gasteiger charge is -2.14. The fourth-order valence-electron chi connectivity index (χ4n) is 3.61. The first-order chi connectivity index (χ1) is 15.0. The predicted octanol–water partition coefficient (Wildman–Crippen LogP) is 6.26. The number of hydrogen-bond acceptors (Lipinski definition) is 3. The second kappa shape index (κ2) is 10.7. The Labute approximate surface area is 185 Å². The van der Waals surface area contributed by atoms with Crippen molar-refractivity contribution in [2.45, 2.75) is 39.7 Å². The van der Waals surface area contributed by atoms with Crippen molar-refractivity contribution in [2.75, 3.05) is 6.61 Å². The number of esters is 1. The molecular formula is C28H30O3. The van der Waals surface area contributed by atoms with Crippen LogP contribution in [-0.4, -0.2) is 17.7 Å². The lowest BCUT2D eigenvalue weighted by atomic mass is 9.93. The van der Waals surface area contributed by atoms with Gasteiger partial charge < -0.3 is 9.84 Å². The number of aliphatic hydroxyl groups is 1. The predicted molar refractivity (Wildman–Crippen MR) is 127 cm³/mol. The van der Waals surface area contributed by atoms with Crippen LogP contribution in [0.4, 0.5) is 0 Å². The minimum atomic E-state index is -0.341. The van der Waals surface area contributed by atoms with E-state index in [0.717, 1.165) is 29.5 Å². The van der Waals surface area contributed by atoms with Gasteiger partial charge in [-0.05, 0) is 65.1 Å². The molecule has 0 aliphatic carbocycles. The normalized spacial score (nSPS) is 10.7. The number of aryl methyl sites for hydroxylation is 2. The molecule has 3 aromatic carbocycles. The largest absolute Gasteiger partial charge is 0.457 e. The van der Waals surface area contributed by atoms with Crippen LogP contribution in [0.15, 0.2) is 78.9 Å². The van der Waals surface area contributed by atoms with Crippen LogP contribution in [0.1, 0.15) is 36.5 Å². The smallest absolute Gasteiger partial charge is 0.333 e. The Hall–Kier alpha value is -3.17. The quantitative estimate of drug-likeness (QED) is 0.332. The Kier molecular flexibility index (Phi) is 7.80. The molecule has 0 atom stereocenters. The van der Waals surface area contributed by atoms with Crippen LogP contribution < -0.4 is 0 Å². The van der Waals surface area contributed by atoms with Gasteiger partial charge in [-0.25, -0.2) is 4.79 Å². The number of aliphatic hydroxyl groups excluding tert-OH is 1. The highest BCUT2D eigenvalue weighted by Gasteiger charge is 2.11. The molecule has 0 heterocycles. The minimum Gasteiger partial charge on any atom is -0.457 e. The van der Waals surface area contributed by atoms with Crippen LogP contribution in [0.3, 0.4) is 0 Å². The number of carbonyl (C=O) groups excluding carboxylic acids is 1. The number of rotatable bonds is 9. The molecule has 3 rings (SSSR count). The van der Waals surface area contributed by atoms with Crippen molar-refractivity contribution in [3.05, 3.63) is 95.6 Å². The van der Waals surface area contributed by atoms with Crippen molar-refractivity contribution in [3.63, 3.8) is 0 Å². The lowest BCUT2D eigenvalue weighted by molar-refractivity contribution is -0.140. The van der Waals surface area contributed by atoms with E-state index in [-0.39, 0.29) is 19.2 Å². The van der Waals surface area contributed by atoms with Crippen LogP contribution in [0, 0.1) is 6.92 Å². The topological polar surface area (TPSA) is 46.5 Å². The molecule has 0 aromatic heterocycles. The molecule has 0 saturated carbocycles. The molecular weight excluding hydrogens is 384 g/mol. The summed E-state index contributed by atoms with van der Waals surface area (Å²) in [5.74, 6) is -0.341. The Balaban J connectivity index is 1.81. The molecule has 3 nitrogen and oxygen atoms in total. The zero-order chi connectivity index (χ0) is 22.2. The third-order valence-corrected chi connectivity index (χ3v) is 5.52. The molecule has 0 bridgehead atoms. The molecule has 160 valence electrons. The summed E-state index contributed by atoms with van der Waals surface area (Å²) in [7, 11) is 0. The van der Waals surface area contributed by atoms with Gasteiger partial charge in [-0.1, -0.05) is 80.2 Å². The number of hydrogen-bond donors (Lipinski definition) is 1. The van der Waals surface area contributed by atoms with Crippen LogP contribution in [-0.2, 0) is 22.6 Å². The summed E-state index contributed by atoms with van der Waals surface area (Å²) in [4.78, 5) is 12.0. The van der Waals surface area contributed by atoms with Crippen LogP contribution in [0.5, 0.6) is 0 Å². The molecule has 0 radical (unpaired) electrons. The zero-order valence-corrected chi connectivity index (χ0v) is 18.4. The Bertz CT molecular complexity index is 1050. The average Bonchev–Trinajstić information content (AvgIpc) is 2.81. The first-order valence-corrected chi connectivity index (χ1v) is 10.8. The van der Waals surface area contributed by atoms with Crippen LogP contribution in [0.2, 0.25) is 0 Å². The van der Waals surface area contributed by atoms with Gasteiger partial charge in [-0.15, -0.1) is 0 Å². The molecule has 0 unspecified atom stereocenters. The van der Waals surface area contributed by atoms with Gasteiger partial charge in [0.05, 0.1) is 0 Å². The summed E-state index contributed by atoms with van der Waals surface area (Å²) >= 11 is 0. The van der Waals surface area contributed by atoms with Gasteiger partial charge in [-0.2, -0.15) is 0 Å². The fraction of sp³-hybridized carbons (Fsp3) is 0.250. The maximum absolute atomic E-state index is 12.0. The molecule has 3 heteroatoms. The third-order valence-electron chi connectivity index (χ3n) is 5.52. The van der Waals surface area contributed by atoms with Crippen molar-refractivity contribution in [1.29, 1.82) is 0 Å². The molecule has 31 heavy (non-hydrogen) atoms. The van der Waals surface area contributed by atoms with Gasteiger partial charge in [0, 0.05) is 12.2 Å². The van der Waals surface area contributed by atoms with Crippen molar-refractivity contribution >= 4 is 5.97 Å². The molecule has 0 spiro atoms. The molecule has 0 amide bonds. The SMILES string of the molecule is C=C(CC)C(=O)OCc1ccccc1-c1ccc(-c2ccc(CCCO)cc2)c(C)c1. The highest BCUT2D eigenvalue weighted by molar-refractivity contribution is 5.87.